The number of Topliss-reactive ketones (excluding diaryl/α,β-unsaturated/α-hetero) is 1. The van der Waals surface area contributed by atoms with Crippen molar-refractivity contribution in [3.05, 3.63) is 23.8 Å². The molecule has 0 amide bonds. The number of alkyl halides is 3. The van der Waals surface area contributed by atoms with Gasteiger partial charge in [0, 0.05) is 23.2 Å². The molecule has 9 heteroatoms. The van der Waals surface area contributed by atoms with Gasteiger partial charge in [0.25, 0.3) is 0 Å². The second-order valence-corrected chi connectivity index (χ2v) is 11.6. The summed E-state index contributed by atoms with van der Waals surface area (Å²) in [6.07, 6.45) is 6.12. The lowest BCUT2D eigenvalue weighted by molar-refractivity contribution is -0.203. The van der Waals surface area contributed by atoms with Crippen molar-refractivity contribution in [2.24, 2.45) is 28.6 Å². The van der Waals surface area contributed by atoms with E-state index in [0.717, 1.165) is 5.57 Å². The number of esters is 2. The predicted molar refractivity (Wildman–Crippen MR) is 123 cm³/mol. The van der Waals surface area contributed by atoms with Crippen molar-refractivity contribution < 1.29 is 28.7 Å². The Balaban J connectivity index is 1.79. The van der Waals surface area contributed by atoms with Crippen molar-refractivity contribution in [1.82, 2.24) is 0 Å². The molecule has 0 N–H and O–H groups in total. The van der Waals surface area contributed by atoms with E-state index in [0.29, 0.717) is 12.8 Å². The lowest BCUT2D eigenvalue weighted by Gasteiger charge is -2.57. The Morgan fingerprint density at radius 3 is 2.58 bits per heavy atom. The number of hydrogen-bond acceptors (Lipinski definition) is 6. The van der Waals surface area contributed by atoms with E-state index in [2.05, 4.69) is 0 Å². The summed E-state index contributed by atoms with van der Waals surface area (Å²) in [5.74, 6) is -2.48. The van der Waals surface area contributed by atoms with Crippen LogP contribution in [0, 0.1) is 28.6 Å². The van der Waals surface area contributed by atoms with E-state index in [1.165, 1.54) is 6.08 Å². The quantitative estimate of drug-likeness (QED) is 0.407. The van der Waals surface area contributed by atoms with Gasteiger partial charge < -0.3 is 9.47 Å². The summed E-state index contributed by atoms with van der Waals surface area (Å²) in [4.78, 5) is 50.1. The summed E-state index contributed by atoms with van der Waals surface area (Å²) >= 11 is 18.3. The minimum absolute atomic E-state index is 0.0256. The van der Waals surface area contributed by atoms with Crippen molar-refractivity contribution in [2.45, 2.75) is 62.3 Å². The number of allylic oxidation sites excluding steroid dienone is 4. The summed E-state index contributed by atoms with van der Waals surface area (Å²) in [6.45, 7) is 5.53. The lowest BCUT2D eigenvalue weighted by atomic mass is 9.46. The van der Waals surface area contributed by atoms with Crippen molar-refractivity contribution in [2.75, 3.05) is 6.61 Å². The molecular weight excluding hydrogens is 491 g/mol. The van der Waals surface area contributed by atoms with Gasteiger partial charge in [-0.3, -0.25) is 9.59 Å². The van der Waals surface area contributed by atoms with E-state index in [9.17, 15) is 19.2 Å². The number of fused-ring (bicyclic) bond motifs is 5. The first kappa shape index (κ1) is 24.7. The minimum atomic E-state index is -1.66. The molecule has 4 aliphatic rings. The summed E-state index contributed by atoms with van der Waals surface area (Å²) in [5, 5.41) is -0.421. The molecule has 3 fully saturated rings. The van der Waals surface area contributed by atoms with Gasteiger partial charge in [-0.05, 0) is 55.7 Å². The molecule has 6 nitrogen and oxygen atoms in total. The average molecular weight is 518 g/mol. The van der Waals surface area contributed by atoms with Gasteiger partial charge >= 0.3 is 11.9 Å². The predicted octanol–water partition coefficient (Wildman–Crippen LogP) is 4.34. The monoisotopic (exact) mass is 516 g/mol. The van der Waals surface area contributed by atoms with Crippen LogP contribution in [0.2, 0.25) is 0 Å². The number of carbonyl (C=O) groups is 4. The number of hydrogen-bond donors (Lipinski definition) is 0. The molecule has 33 heavy (non-hydrogen) atoms. The molecule has 0 bridgehead atoms. The molecule has 4 aliphatic carbocycles. The van der Waals surface area contributed by atoms with Gasteiger partial charge in [-0.2, -0.15) is 0 Å². The summed E-state index contributed by atoms with van der Waals surface area (Å²) < 4.78 is 11.1. The van der Waals surface area contributed by atoms with Gasteiger partial charge in [-0.25, -0.2) is 9.59 Å². The Morgan fingerprint density at radius 1 is 1.24 bits per heavy atom. The molecule has 7 atom stereocenters. The number of ketones is 2. The van der Waals surface area contributed by atoms with Crippen LogP contribution in [0.25, 0.3) is 0 Å². The van der Waals surface area contributed by atoms with Crippen LogP contribution in [0.4, 0.5) is 0 Å². The maximum absolute atomic E-state index is 13.8. The highest BCUT2D eigenvalue weighted by atomic mass is 35.5. The Morgan fingerprint density at radius 2 is 1.94 bits per heavy atom. The molecule has 0 aromatic rings. The van der Waals surface area contributed by atoms with Gasteiger partial charge in [0.1, 0.15) is 5.78 Å². The maximum atomic E-state index is 13.8. The van der Waals surface area contributed by atoms with Crippen molar-refractivity contribution in [3.63, 3.8) is 0 Å². The zero-order valence-electron chi connectivity index (χ0n) is 18.7. The molecule has 0 spiro atoms. The zero-order chi connectivity index (χ0) is 24.3. The number of ether oxygens (including phenoxy) is 2. The average Bonchev–Trinajstić information content (AvgIpc) is 3.02. The number of rotatable bonds is 4. The second kappa shape index (κ2) is 8.39. The molecular formula is C24H27Cl3O6. The van der Waals surface area contributed by atoms with Crippen molar-refractivity contribution in [3.8, 4) is 0 Å². The fourth-order valence-electron chi connectivity index (χ4n) is 7.04. The molecule has 0 unspecified atom stereocenters. The Labute approximate surface area is 208 Å². The first-order valence-electron chi connectivity index (χ1n) is 11.2. The van der Waals surface area contributed by atoms with Crippen LogP contribution >= 0.6 is 34.8 Å². The fraction of sp³-hybridized carbons (Fsp3) is 0.667. The molecule has 0 saturated heterocycles. The zero-order valence-corrected chi connectivity index (χ0v) is 21.0. The third-order valence-electron chi connectivity index (χ3n) is 8.42. The SMILES string of the molecule is CCOC(=O)[C@@]1(OC(=O)C(Cl)Cl)CC[C@H]2[C@@H]3C[C@H](Cl)C4=CC(=O)C=C[C@]4(C)[C@H]3C(=O)C[C@@]21C. The van der Waals surface area contributed by atoms with Crippen LogP contribution in [0.3, 0.4) is 0 Å². The van der Waals surface area contributed by atoms with Gasteiger partial charge in [0.15, 0.2) is 5.78 Å². The topological polar surface area (TPSA) is 86.7 Å². The molecule has 0 heterocycles. The highest BCUT2D eigenvalue weighted by molar-refractivity contribution is 6.53. The normalized spacial score (nSPS) is 41.7. The van der Waals surface area contributed by atoms with Crippen LogP contribution in [0.15, 0.2) is 23.8 Å². The Hall–Kier alpha value is -1.37. The van der Waals surface area contributed by atoms with Crippen molar-refractivity contribution >= 4 is 58.3 Å². The molecule has 0 aromatic heterocycles. The highest BCUT2D eigenvalue weighted by Crippen LogP contribution is 2.67. The maximum Gasteiger partial charge on any atom is 0.351 e. The van der Waals surface area contributed by atoms with Gasteiger partial charge in [-0.1, -0.05) is 43.1 Å². The molecule has 180 valence electrons. The molecule has 0 aromatic carbocycles. The first-order chi connectivity index (χ1) is 15.4. The van der Waals surface area contributed by atoms with E-state index in [1.54, 1.807) is 19.1 Å². The van der Waals surface area contributed by atoms with Crippen LogP contribution in [-0.2, 0) is 28.7 Å². The second-order valence-electron chi connectivity index (χ2n) is 9.94. The van der Waals surface area contributed by atoms with Gasteiger partial charge in [0.05, 0.1) is 12.0 Å². The first-order valence-corrected chi connectivity index (χ1v) is 12.5. The van der Waals surface area contributed by atoms with Crippen LogP contribution in [0.1, 0.15) is 46.5 Å². The van der Waals surface area contributed by atoms with Gasteiger partial charge in [0.2, 0.25) is 10.4 Å². The minimum Gasteiger partial charge on any atom is -0.463 e. The smallest absolute Gasteiger partial charge is 0.351 e. The number of carbonyl (C=O) groups excluding carboxylic acids is 4. The van der Waals surface area contributed by atoms with E-state index >= 15 is 0 Å². The third-order valence-corrected chi connectivity index (χ3v) is 9.19. The van der Waals surface area contributed by atoms with Crippen LogP contribution in [0.5, 0.6) is 0 Å². The standard InChI is InChI=1S/C24H27Cl3O6/c1-4-32-21(31)24(33-20(30)19(26)27)8-6-14-13-10-16(25)15-9-12(28)5-7-22(15,2)18(13)17(29)11-23(14,24)3/h5,7,9,13-14,16,18-19H,4,6,8,10-11H2,1-3H3/t13-,14-,16-,18+,22-,23-,24-/m0/s1. The van der Waals surface area contributed by atoms with Crippen LogP contribution in [-0.4, -0.2) is 45.9 Å². The fourth-order valence-corrected chi connectivity index (χ4v) is 7.63. The van der Waals surface area contributed by atoms with Crippen LogP contribution < -0.4 is 0 Å². The Bertz CT molecular complexity index is 973. The summed E-state index contributed by atoms with van der Waals surface area (Å²) in [6, 6.07) is 0. The van der Waals surface area contributed by atoms with Gasteiger partial charge in [-0.15, -0.1) is 11.6 Å². The summed E-state index contributed by atoms with van der Waals surface area (Å²) in [5.41, 5.74) is -2.57. The largest absolute Gasteiger partial charge is 0.463 e. The molecule has 0 radical (unpaired) electrons. The number of halogens is 3. The van der Waals surface area contributed by atoms with E-state index in [-0.39, 0.29) is 48.8 Å². The Kier molecular flexibility index (Phi) is 6.29. The van der Waals surface area contributed by atoms with Crippen molar-refractivity contribution in [1.29, 1.82) is 0 Å². The highest BCUT2D eigenvalue weighted by Gasteiger charge is 2.72. The third kappa shape index (κ3) is 3.51. The van der Waals surface area contributed by atoms with E-state index in [4.69, 9.17) is 44.3 Å². The summed E-state index contributed by atoms with van der Waals surface area (Å²) in [7, 11) is 0. The molecule has 3 saturated carbocycles. The van der Waals surface area contributed by atoms with E-state index in [1.807, 2.05) is 13.8 Å². The lowest BCUT2D eigenvalue weighted by Crippen LogP contribution is -2.62. The molecule has 4 rings (SSSR count). The van der Waals surface area contributed by atoms with E-state index < -0.39 is 38.6 Å². The molecule has 0 aliphatic heterocycles.